The van der Waals surface area contributed by atoms with Crippen LogP contribution in [-0.2, 0) is 0 Å². The van der Waals surface area contributed by atoms with Crippen molar-refractivity contribution in [2.45, 2.75) is 13.8 Å². The van der Waals surface area contributed by atoms with Gasteiger partial charge in [0.25, 0.3) is 5.56 Å². The first-order valence-corrected chi connectivity index (χ1v) is 11.0. The summed E-state index contributed by atoms with van der Waals surface area (Å²) in [5.74, 6) is 0.671. The Morgan fingerprint density at radius 3 is 2.71 bits per heavy atom. The summed E-state index contributed by atoms with van der Waals surface area (Å²) >= 11 is 8.41. The summed E-state index contributed by atoms with van der Waals surface area (Å²) in [6, 6.07) is 7.89. The van der Waals surface area contributed by atoms with Crippen LogP contribution in [0.3, 0.4) is 0 Å². The predicted octanol–water partition coefficient (Wildman–Crippen LogP) is 5.16. The van der Waals surface area contributed by atoms with Crippen LogP contribution in [-0.4, -0.2) is 16.0 Å². The molecule has 0 atom stereocenters. The van der Waals surface area contributed by atoms with Crippen LogP contribution in [0.5, 0.6) is 5.75 Å². The Kier molecular flexibility index (Phi) is 5.16. The van der Waals surface area contributed by atoms with Gasteiger partial charge in [-0.25, -0.2) is 9.38 Å². The van der Waals surface area contributed by atoms with Gasteiger partial charge in [-0.1, -0.05) is 39.9 Å². The predicted molar refractivity (Wildman–Crippen MR) is 123 cm³/mol. The summed E-state index contributed by atoms with van der Waals surface area (Å²) in [5, 5.41) is 0. The van der Waals surface area contributed by atoms with Crippen LogP contribution in [0.15, 0.2) is 50.7 Å². The van der Waals surface area contributed by atoms with Crippen LogP contribution in [0.4, 0.5) is 0 Å². The van der Waals surface area contributed by atoms with Crippen molar-refractivity contribution in [1.82, 2.24) is 9.38 Å². The SMILES string of the molecule is C=CCOc1c(Br)cc(Br)cc1/C=c1\sc2nc3cc(C)c(C)cc3n2c1=O. The average molecular weight is 520 g/mol. The number of thiazole rings is 1. The number of aryl methyl sites for hydroxylation is 2. The van der Waals surface area contributed by atoms with E-state index in [4.69, 9.17) is 4.74 Å². The molecule has 0 aliphatic carbocycles. The van der Waals surface area contributed by atoms with Crippen LogP contribution < -0.4 is 14.8 Å². The molecule has 0 spiro atoms. The number of imidazole rings is 1. The minimum absolute atomic E-state index is 0.0727. The molecule has 0 bridgehead atoms. The lowest BCUT2D eigenvalue weighted by atomic mass is 10.1. The molecular formula is C21H16Br2N2O2S. The molecule has 0 N–H and O–H groups in total. The van der Waals surface area contributed by atoms with E-state index >= 15 is 0 Å². The second-order valence-electron chi connectivity index (χ2n) is 6.48. The van der Waals surface area contributed by atoms with Crippen molar-refractivity contribution in [3.63, 3.8) is 0 Å². The van der Waals surface area contributed by atoms with E-state index in [1.165, 1.54) is 16.9 Å². The molecule has 0 saturated carbocycles. The first-order valence-electron chi connectivity index (χ1n) is 8.55. The number of halogens is 2. The topological polar surface area (TPSA) is 43.6 Å². The number of hydrogen-bond donors (Lipinski definition) is 0. The smallest absolute Gasteiger partial charge is 0.274 e. The molecule has 0 unspecified atom stereocenters. The van der Waals surface area contributed by atoms with E-state index in [0.717, 1.165) is 31.1 Å². The lowest BCUT2D eigenvalue weighted by molar-refractivity contribution is 0.360. The lowest BCUT2D eigenvalue weighted by Gasteiger charge is -2.10. The number of aromatic nitrogens is 2. The lowest BCUT2D eigenvalue weighted by Crippen LogP contribution is -2.22. The van der Waals surface area contributed by atoms with Gasteiger partial charge >= 0.3 is 0 Å². The number of benzene rings is 2. The van der Waals surface area contributed by atoms with E-state index in [1.807, 2.05) is 37.3 Å². The number of nitrogens with zero attached hydrogens (tertiary/aromatic N) is 2. The Morgan fingerprint density at radius 1 is 1.21 bits per heavy atom. The van der Waals surface area contributed by atoms with E-state index < -0.39 is 0 Å². The minimum atomic E-state index is -0.0727. The quantitative estimate of drug-likeness (QED) is 0.349. The summed E-state index contributed by atoms with van der Waals surface area (Å²) in [5.41, 5.74) is 4.73. The number of rotatable bonds is 4. The zero-order valence-electron chi connectivity index (χ0n) is 15.3. The molecule has 0 aliphatic rings. The summed E-state index contributed by atoms with van der Waals surface area (Å²) in [6.45, 7) is 8.17. The first kappa shape index (κ1) is 19.4. The van der Waals surface area contributed by atoms with E-state index in [9.17, 15) is 4.79 Å². The highest BCUT2D eigenvalue weighted by atomic mass is 79.9. The van der Waals surface area contributed by atoms with Crippen LogP contribution in [0.2, 0.25) is 0 Å². The highest BCUT2D eigenvalue weighted by Crippen LogP contribution is 2.33. The molecule has 2 aromatic heterocycles. The Labute approximate surface area is 182 Å². The van der Waals surface area contributed by atoms with Gasteiger partial charge in [0, 0.05) is 10.0 Å². The van der Waals surface area contributed by atoms with Crippen LogP contribution in [0.1, 0.15) is 16.7 Å². The fourth-order valence-corrected chi connectivity index (χ4v) is 5.39. The van der Waals surface area contributed by atoms with Crippen molar-refractivity contribution >= 4 is 65.3 Å². The number of ether oxygens (including phenoxy) is 1. The van der Waals surface area contributed by atoms with E-state index in [1.54, 1.807) is 10.5 Å². The van der Waals surface area contributed by atoms with Crippen molar-refractivity contribution in [3.8, 4) is 5.75 Å². The molecule has 0 radical (unpaired) electrons. The molecule has 142 valence electrons. The van der Waals surface area contributed by atoms with Crippen molar-refractivity contribution in [1.29, 1.82) is 0 Å². The Morgan fingerprint density at radius 2 is 1.96 bits per heavy atom. The maximum Gasteiger partial charge on any atom is 0.274 e. The standard InChI is InChI=1S/C21H16Br2N2O2S/c1-4-5-27-19-13(8-14(22)10-15(19)23)9-18-20(26)25-17-7-12(3)11(2)6-16(17)24-21(25)28-18/h4,6-10H,1,5H2,2-3H3/b18-9-. The van der Waals surface area contributed by atoms with Gasteiger partial charge < -0.3 is 4.74 Å². The molecule has 0 saturated heterocycles. The van der Waals surface area contributed by atoms with Gasteiger partial charge in [0.1, 0.15) is 12.4 Å². The Bertz CT molecular complexity index is 1350. The van der Waals surface area contributed by atoms with E-state index in [0.29, 0.717) is 21.8 Å². The van der Waals surface area contributed by atoms with Gasteiger partial charge in [-0.15, -0.1) is 0 Å². The van der Waals surface area contributed by atoms with Crippen molar-refractivity contribution in [2.75, 3.05) is 6.61 Å². The summed E-state index contributed by atoms with van der Waals surface area (Å²) in [4.78, 5) is 18.5. The number of fused-ring (bicyclic) bond motifs is 3. The summed E-state index contributed by atoms with van der Waals surface area (Å²) in [7, 11) is 0. The van der Waals surface area contributed by atoms with Gasteiger partial charge in [-0.3, -0.25) is 4.79 Å². The molecule has 2 aromatic carbocycles. The highest BCUT2D eigenvalue weighted by Gasteiger charge is 2.14. The second kappa shape index (κ2) is 7.46. The molecule has 0 amide bonds. The third kappa shape index (κ3) is 3.32. The molecular weight excluding hydrogens is 504 g/mol. The Balaban J connectivity index is 1.96. The maximum atomic E-state index is 13.1. The highest BCUT2D eigenvalue weighted by molar-refractivity contribution is 9.11. The molecule has 0 aliphatic heterocycles. The summed E-state index contributed by atoms with van der Waals surface area (Å²) < 4.78 is 9.80. The zero-order chi connectivity index (χ0) is 20.0. The fourth-order valence-electron chi connectivity index (χ4n) is 3.04. The fraction of sp³-hybridized carbons (Fsp3) is 0.143. The molecule has 4 aromatic rings. The van der Waals surface area contributed by atoms with Crippen molar-refractivity contribution < 1.29 is 4.74 Å². The van der Waals surface area contributed by atoms with Gasteiger partial charge in [0.2, 0.25) is 0 Å². The third-order valence-electron chi connectivity index (χ3n) is 4.52. The largest absolute Gasteiger partial charge is 0.488 e. The van der Waals surface area contributed by atoms with Gasteiger partial charge in [0.15, 0.2) is 4.96 Å². The third-order valence-corrected chi connectivity index (χ3v) is 6.54. The average Bonchev–Trinajstić information content (AvgIpc) is 3.11. The summed E-state index contributed by atoms with van der Waals surface area (Å²) in [6.07, 6.45) is 3.54. The monoisotopic (exact) mass is 518 g/mol. The molecule has 7 heteroatoms. The first-order chi connectivity index (χ1) is 13.4. The minimum Gasteiger partial charge on any atom is -0.488 e. The van der Waals surface area contributed by atoms with Crippen molar-refractivity contribution in [2.24, 2.45) is 0 Å². The molecule has 0 fully saturated rings. The zero-order valence-corrected chi connectivity index (χ0v) is 19.2. The molecule has 2 heterocycles. The number of hydrogen-bond acceptors (Lipinski definition) is 4. The van der Waals surface area contributed by atoms with Crippen LogP contribution in [0.25, 0.3) is 22.1 Å². The normalized spacial score (nSPS) is 12.2. The van der Waals surface area contributed by atoms with Gasteiger partial charge in [0.05, 0.1) is 20.0 Å². The van der Waals surface area contributed by atoms with Crippen LogP contribution in [0, 0.1) is 13.8 Å². The molecule has 4 rings (SSSR count). The van der Waals surface area contributed by atoms with Gasteiger partial charge in [-0.05, 0) is 71.2 Å². The Hall–Kier alpha value is -1.96. The maximum absolute atomic E-state index is 13.1. The van der Waals surface area contributed by atoms with Gasteiger partial charge in [-0.2, -0.15) is 0 Å². The molecule has 28 heavy (non-hydrogen) atoms. The van der Waals surface area contributed by atoms with Crippen molar-refractivity contribution in [3.05, 3.63) is 77.4 Å². The van der Waals surface area contributed by atoms with Crippen LogP contribution >= 0.6 is 43.2 Å². The van der Waals surface area contributed by atoms with E-state index in [-0.39, 0.29) is 5.56 Å². The van der Waals surface area contributed by atoms with E-state index in [2.05, 4.69) is 50.3 Å². The second-order valence-corrected chi connectivity index (χ2v) is 9.26. The molecule has 4 nitrogen and oxygen atoms in total.